The third-order valence-corrected chi connectivity index (χ3v) is 8.63. The molecule has 8 nitrogen and oxygen atoms in total. The smallest absolute Gasteiger partial charge is 0.393 e. The topological polar surface area (TPSA) is 84.2 Å². The first kappa shape index (κ1) is 24.4. The molecule has 0 amide bonds. The van der Waals surface area contributed by atoms with E-state index in [4.69, 9.17) is 9.72 Å². The van der Waals surface area contributed by atoms with Crippen molar-refractivity contribution in [2.24, 2.45) is 5.92 Å². The maximum absolute atomic E-state index is 13.8. The third-order valence-electron chi connectivity index (χ3n) is 7.30. The van der Waals surface area contributed by atoms with Gasteiger partial charge in [-0.2, -0.15) is 23.4 Å². The van der Waals surface area contributed by atoms with Crippen molar-refractivity contribution in [3.63, 3.8) is 0 Å². The molecule has 1 saturated heterocycles. The first-order chi connectivity index (χ1) is 17.8. The van der Waals surface area contributed by atoms with E-state index in [1.807, 2.05) is 6.92 Å². The molecule has 4 aromatic rings. The zero-order chi connectivity index (χ0) is 25.7. The van der Waals surface area contributed by atoms with E-state index < -0.39 is 12.6 Å². The lowest BCUT2D eigenvalue weighted by atomic mass is 9.94. The standard InChI is InChI=1S/C25H28F3N7OS/c1-14-22(16-5-7-34(8-6-16)11-15-3-4-15)37-24(31-14)21-18(10-25(26,27)28)20(32-33-21)17-9-19(36-2)23-29-13-30-35(23)12-17/h9,12-13,15-16H,3-8,10-11H2,1-2H3,(H,32,33). The number of alkyl halides is 3. The van der Waals surface area contributed by atoms with Crippen LogP contribution in [0.1, 0.15) is 47.7 Å². The fraction of sp³-hybridized carbons (Fsp3) is 0.520. The van der Waals surface area contributed by atoms with Gasteiger partial charge in [0, 0.05) is 28.7 Å². The highest BCUT2D eigenvalue weighted by atomic mass is 32.1. The second kappa shape index (κ2) is 9.39. The SMILES string of the molecule is COc1cc(-c2n[nH]c(-c3nc(C)c(C4CCN(CC5CC5)CC4)s3)c2CC(F)(F)F)cn2ncnc12. The maximum atomic E-state index is 13.8. The number of pyridine rings is 1. The molecule has 5 heterocycles. The molecule has 0 radical (unpaired) electrons. The van der Waals surface area contributed by atoms with Crippen LogP contribution >= 0.6 is 11.3 Å². The van der Waals surface area contributed by atoms with Gasteiger partial charge >= 0.3 is 6.18 Å². The van der Waals surface area contributed by atoms with Crippen molar-refractivity contribution in [1.29, 1.82) is 0 Å². The summed E-state index contributed by atoms with van der Waals surface area (Å²) in [5.74, 6) is 1.66. The number of ether oxygens (including phenoxy) is 1. The number of hydrogen-bond donors (Lipinski definition) is 1. The van der Waals surface area contributed by atoms with Crippen LogP contribution in [-0.4, -0.2) is 67.6 Å². The molecule has 1 saturated carbocycles. The maximum Gasteiger partial charge on any atom is 0.393 e. The van der Waals surface area contributed by atoms with Crippen LogP contribution in [0, 0.1) is 12.8 Å². The molecule has 0 unspecified atom stereocenters. The Hall–Kier alpha value is -2.99. The van der Waals surface area contributed by atoms with E-state index in [1.165, 1.54) is 53.6 Å². The van der Waals surface area contributed by atoms with Crippen LogP contribution in [0.5, 0.6) is 5.75 Å². The molecule has 1 aliphatic carbocycles. The molecule has 12 heteroatoms. The fourth-order valence-corrected chi connectivity index (χ4v) is 6.52. The molecule has 1 aliphatic heterocycles. The van der Waals surface area contributed by atoms with Crippen LogP contribution in [0.25, 0.3) is 27.6 Å². The Morgan fingerprint density at radius 1 is 1.19 bits per heavy atom. The minimum absolute atomic E-state index is 0.0635. The Bertz CT molecular complexity index is 1410. The number of halogens is 3. The van der Waals surface area contributed by atoms with E-state index in [-0.39, 0.29) is 11.3 Å². The molecule has 0 bridgehead atoms. The highest BCUT2D eigenvalue weighted by Gasteiger charge is 2.34. The summed E-state index contributed by atoms with van der Waals surface area (Å²) in [6, 6.07) is 1.64. The summed E-state index contributed by atoms with van der Waals surface area (Å²) in [6.07, 6.45) is 2.24. The molecule has 0 spiro atoms. The largest absolute Gasteiger partial charge is 0.493 e. The molecule has 37 heavy (non-hydrogen) atoms. The highest BCUT2D eigenvalue weighted by molar-refractivity contribution is 7.15. The highest BCUT2D eigenvalue weighted by Crippen LogP contribution is 2.42. The van der Waals surface area contributed by atoms with Gasteiger partial charge in [0.1, 0.15) is 11.3 Å². The molecule has 4 aromatic heterocycles. The number of piperidine rings is 1. The number of nitrogens with zero attached hydrogens (tertiary/aromatic N) is 6. The van der Waals surface area contributed by atoms with Crippen LogP contribution in [0.15, 0.2) is 18.6 Å². The summed E-state index contributed by atoms with van der Waals surface area (Å²) in [4.78, 5) is 12.6. The molecule has 2 aliphatic rings. The quantitative estimate of drug-likeness (QED) is 0.351. The van der Waals surface area contributed by atoms with Crippen LogP contribution in [0.2, 0.25) is 0 Å². The number of methoxy groups -OCH3 is 1. The van der Waals surface area contributed by atoms with Crippen molar-refractivity contribution < 1.29 is 17.9 Å². The number of aromatic amines is 1. The third kappa shape index (κ3) is 4.96. The first-order valence-corrected chi connectivity index (χ1v) is 13.3. The van der Waals surface area contributed by atoms with Crippen molar-refractivity contribution in [1.82, 2.24) is 34.7 Å². The van der Waals surface area contributed by atoms with E-state index >= 15 is 0 Å². The number of fused-ring (bicyclic) bond motifs is 1. The van der Waals surface area contributed by atoms with Crippen molar-refractivity contribution in [2.45, 2.75) is 51.1 Å². The van der Waals surface area contributed by atoms with Gasteiger partial charge in [-0.15, -0.1) is 11.3 Å². The number of likely N-dealkylation sites (tertiary alicyclic amines) is 1. The molecular formula is C25H28F3N7OS. The van der Waals surface area contributed by atoms with Crippen molar-refractivity contribution in [3.8, 4) is 27.7 Å². The predicted octanol–water partition coefficient (Wildman–Crippen LogP) is 5.25. The summed E-state index contributed by atoms with van der Waals surface area (Å²) < 4.78 is 48.1. The Labute approximate surface area is 215 Å². The number of aryl methyl sites for hydroxylation is 1. The Morgan fingerprint density at radius 2 is 1.97 bits per heavy atom. The number of H-pyrrole nitrogens is 1. The van der Waals surface area contributed by atoms with Crippen LogP contribution < -0.4 is 4.74 Å². The average Bonchev–Trinajstić information content (AvgIpc) is 3.23. The van der Waals surface area contributed by atoms with Crippen LogP contribution in [0.3, 0.4) is 0 Å². The molecule has 6 rings (SSSR count). The van der Waals surface area contributed by atoms with Gasteiger partial charge in [0.15, 0.2) is 11.4 Å². The number of rotatable bonds is 7. The zero-order valence-corrected chi connectivity index (χ0v) is 21.5. The number of nitrogens with one attached hydrogen (secondary N) is 1. The van der Waals surface area contributed by atoms with Crippen LogP contribution in [0.4, 0.5) is 13.2 Å². The van der Waals surface area contributed by atoms with Gasteiger partial charge in [-0.3, -0.25) is 5.10 Å². The zero-order valence-electron chi connectivity index (χ0n) is 20.7. The molecule has 0 atom stereocenters. The van der Waals surface area contributed by atoms with E-state index in [0.717, 1.165) is 37.5 Å². The van der Waals surface area contributed by atoms with Crippen LogP contribution in [-0.2, 0) is 6.42 Å². The Kier molecular flexibility index (Phi) is 6.18. The lowest BCUT2D eigenvalue weighted by Crippen LogP contribution is -2.34. The lowest BCUT2D eigenvalue weighted by Gasteiger charge is -2.31. The van der Waals surface area contributed by atoms with Gasteiger partial charge in [-0.1, -0.05) is 0 Å². The number of aromatic nitrogens is 6. The number of hydrogen-bond acceptors (Lipinski definition) is 7. The van der Waals surface area contributed by atoms with E-state index in [1.54, 1.807) is 12.3 Å². The summed E-state index contributed by atoms with van der Waals surface area (Å²) in [7, 11) is 1.48. The lowest BCUT2D eigenvalue weighted by molar-refractivity contribution is -0.127. The first-order valence-electron chi connectivity index (χ1n) is 12.5. The van der Waals surface area contributed by atoms with Gasteiger partial charge in [0.05, 0.1) is 30.6 Å². The molecule has 2 fully saturated rings. The van der Waals surface area contributed by atoms with Gasteiger partial charge in [0.2, 0.25) is 0 Å². The molecular weight excluding hydrogens is 503 g/mol. The number of thiazole rings is 1. The summed E-state index contributed by atoms with van der Waals surface area (Å²) in [5.41, 5.74) is 2.39. The Balaban J connectivity index is 1.34. The van der Waals surface area contributed by atoms with Gasteiger partial charge in [-0.05, 0) is 63.6 Å². The summed E-state index contributed by atoms with van der Waals surface area (Å²) >= 11 is 1.49. The van der Waals surface area contributed by atoms with Gasteiger partial charge in [0.25, 0.3) is 0 Å². The second-order valence-corrected chi connectivity index (χ2v) is 11.1. The monoisotopic (exact) mass is 531 g/mol. The summed E-state index contributed by atoms with van der Waals surface area (Å²) in [5, 5.41) is 11.9. The molecule has 196 valence electrons. The predicted molar refractivity (Wildman–Crippen MR) is 134 cm³/mol. The minimum atomic E-state index is -4.42. The molecule has 0 aromatic carbocycles. The van der Waals surface area contributed by atoms with E-state index in [2.05, 4.69) is 25.2 Å². The second-order valence-electron chi connectivity index (χ2n) is 10.0. The van der Waals surface area contributed by atoms with E-state index in [9.17, 15) is 13.2 Å². The Morgan fingerprint density at radius 3 is 2.68 bits per heavy atom. The van der Waals surface area contributed by atoms with Crippen molar-refractivity contribution in [2.75, 3.05) is 26.7 Å². The fourth-order valence-electron chi connectivity index (χ4n) is 5.27. The molecule has 1 N–H and O–H groups in total. The summed E-state index contributed by atoms with van der Waals surface area (Å²) in [6.45, 7) is 5.28. The van der Waals surface area contributed by atoms with Crippen molar-refractivity contribution in [3.05, 3.63) is 34.7 Å². The van der Waals surface area contributed by atoms with Gasteiger partial charge < -0.3 is 9.64 Å². The minimum Gasteiger partial charge on any atom is -0.493 e. The van der Waals surface area contributed by atoms with Gasteiger partial charge in [-0.25, -0.2) is 14.5 Å². The normalized spacial score (nSPS) is 17.6. The average molecular weight is 532 g/mol. The van der Waals surface area contributed by atoms with Crippen molar-refractivity contribution >= 4 is 17.0 Å². The van der Waals surface area contributed by atoms with E-state index in [0.29, 0.717) is 33.6 Å².